The molecule has 0 atom stereocenters. The van der Waals surface area contributed by atoms with Crippen LogP contribution in [0.25, 0.3) is 33.7 Å². The van der Waals surface area contributed by atoms with Gasteiger partial charge in [0.1, 0.15) is 5.75 Å². The van der Waals surface area contributed by atoms with Gasteiger partial charge in [0, 0.05) is 22.2 Å². The first-order valence-electron chi connectivity index (χ1n) is 7.73. The summed E-state index contributed by atoms with van der Waals surface area (Å²) in [6.45, 7) is 4.05. The first-order valence-corrected chi connectivity index (χ1v) is 7.73. The molecule has 2 aromatic heterocycles. The Bertz CT molecular complexity index is 1030. The number of rotatable bonds is 3. The van der Waals surface area contributed by atoms with Gasteiger partial charge < -0.3 is 14.2 Å². The summed E-state index contributed by atoms with van der Waals surface area (Å²) in [5.41, 5.74) is 4.96. The van der Waals surface area contributed by atoms with Gasteiger partial charge in [-0.05, 0) is 37.6 Å². The molecule has 0 spiro atoms. The number of methoxy groups -OCH3 is 1. The fourth-order valence-electron chi connectivity index (χ4n) is 2.91. The van der Waals surface area contributed by atoms with E-state index in [0.29, 0.717) is 11.7 Å². The molecule has 5 nitrogen and oxygen atoms in total. The van der Waals surface area contributed by atoms with E-state index in [4.69, 9.17) is 9.26 Å². The third-order valence-electron chi connectivity index (χ3n) is 4.11. The average Bonchev–Trinajstić information content (AvgIpc) is 3.20. The highest BCUT2D eigenvalue weighted by Crippen LogP contribution is 2.33. The van der Waals surface area contributed by atoms with Crippen molar-refractivity contribution in [3.05, 3.63) is 53.7 Å². The molecule has 0 fully saturated rings. The molecule has 4 rings (SSSR count). The minimum Gasteiger partial charge on any atom is -0.495 e. The minimum absolute atomic E-state index is 0.479. The van der Waals surface area contributed by atoms with Gasteiger partial charge in [0.25, 0.3) is 5.89 Å². The zero-order chi connectivity index (χ0) is 16.7. The molecule has 24 heavy (non-hydrogen) atoms. The van der Waals surface area contributed by atoms with Crippen molar-refractivity contribution in [3.8, 4) is 28.6 Å². The third kappa shape index (κ3) is 2.34. The van der Waals surface area contributed by atoms with E-state index in [1.807, 2.05) is 50.2 Å². The smallest absolute Gasteiger partial charge is 0.258 e. The largest absolute Gasteiger partial charge is 0.495 e. The number of benzene rings is 2. The molecule has 0 saturated heterocycles. The first kappa shape index (κ1) is 14.5. The standard InChI is InChI=1S/C19H17N3O2/c1-11-6-4-5-7-15(11)18-21-19(24-22-18)14-9-13-8-12(2)20-17(13)16(10-14)23-3/h4-10,20H,1-3H3. The Kier molecular flexibility index (Phi) is 3.34. The highest BCUT2D eigenvalue weighted by atomic mass is 16.5. The van der Waals surface area contributed by atoms with E-state index in [9.17, 15) is 0 Å². The molecule has 2 heterocycles. The van der Waals surface area contributed by atoms with E-state index >= 15 is 0 Å². The van der Waals surface area contributed by atoms with Gasteiger partial charge in [0.2, 0.25) is 5.82 Å². The van der Waals surface area contributed by atoms with E-state index in [2.05, 4.69) is 21.2 Å². The predicted octanol–water partition coefficient (Wildman–Crippen LogP) is 4.51. The number of hydrogen-bond acceptors (Lipinski definition) is 4. The normalized spacial score (nSPS) is 11.1. The maximum absolute atomic E-state index is 5.49. The van der Waals surface area contributed by atoms with Crippen LogP contribution in [-0.2, 0) is 0 Å². The van der Waals surface area contributed by atoms with Gasteiger partial charge in [0.05, 0.1) is 12.6 Å². The molecule has 120 valence electrons. The van der Waals surface area contributed by atoms with Crippen LogP contribution in [0.3, 0.4) is 0 Å². The summed E-state index contributed by atoms with van der Waals surface area (Å²) >= 11 is 0. The predicted molar refractivity (Wildman–Crippen MR) is 93.1 cm³/mol. The maximum atomic E-state index is 5.49. The number of aromatic amines is 1. The van der Waals surface area contributed by atoms with Crippen molar-refractivity contribution in [1.29, 1.82) is 0 Å². The second-order valence-corrected chi connectivity index (χ2v) is 5.83. The summed E-state index contributed by atoms with van der Waals surface area (Å²) in [7, 11) is 1.65. The van der Waals surface area contributed by atoms with E-state index in [1.54, 1.807) is 7.11 Å². The number of aromatic nitrogens is 3. The van der Waals surface area contributed by atoms with Crippen molar-refractivity contribution >= 4 is 10.9 Å². The Morgan fingerprint density at radius 3 is 2.71 bits per heavy atom. The average molecular weight is 319 g/mol. The molecule has 2 aromatic carbocycles. The number of hydrogen-bond donors (Lipinski definition) is 1. The van der Waals surface area contributed by atoms with Crippen LogP contribution < -0.4 is 4.74 Å². The molecule has 1 N–H and O–H groups in total. The summed E-state index contributed by atoms with van der Waals surface area (Å²) in [6, 6.07) is 14.0. The van der Waals surface area contributed by atoms with E-state index < -0.39 is 0 Å². The van der Waals surface area contributed by atoms with Crippen LogP contribution in [0, 0.1) is 13.8 Å². The maximum Gasteiger partial charge on any atom is 0.258 e. The van der Waals surface area contributed by atoms with Crippen molar-refractivity contribution in [3.63, 3.8) is 0 Å². The number of nitrogens with one attached hydrogen (secondary N) is 1. The topological polar surface area (TPSA) is 63.9 Å². The Morgan fingerprint density at radius 1 is 1.08 bits per heavy atom. The highest BCUT2D eigenvalue weighted by molar-refractivity contribution is 5.90. The Hall–Kier alpha value is -3.08. The number of nitrogens with zero attached hydrogens (tertiary/aromatic N) is 2. The molecule has 0 saturated carbocycles. The lowest BCUT2D eigenvalue weighted by Gasteiger charge is -2.03. The molecule has 0 bridgehead atoms. The Balaban J connectivity index is 1.82. The van der Waals surface area contributed by atoms with Gasteiger partial charge >= 0.3 is 0 Å². The summed E-state index contributed by atoms with van der Waals surface area (Å²) in [5.74, 6) is 1.82. The van der Waals surface area contributed by atoms with Crippen LogP contribution in [0.5, 0.6) is 5.75 Å². The molecule has 4 aromatic rings. The van der Waals surface area contributed by atoms with E-state index in [1.165, 1.54) is 0 Å². The summed E-state index contributed by atoms with van der Waals surface area (Å²) in [5, 5.41) is 5.18. The quantitative estimate of drug-likeness (QED) is 0.603. The molecule has 0 unspecified atom stereocenters. The van der Waals surface area contributed by atoms with Crippen molar-refractivity contribution in [2.45, 2.75) is 13.8 Å². The number of H-pyrrole nitrogens is 1. The van der Waals surface area contributed by atoms with Crippen molar-refractivity contribution in [1.82, 2.24) is 15.1 Å². The van der Waals surface area contributed by atoms with Crippen LogP contribution in [0.1, 0.15) is 11.3 Å². The van der Waals surface area contributed by atoms with Crippen LogP contribution in [0.15, 0.2) is 47.0 Å². The van der Waals surface area contributed by atoms with Gasteiger partial charge in [-0.3, -0.25) is 0 Å². The van der Waals surface area contributed by atoms with Gasteiger partial charge in [-0.25, -0.2) is 0 Å². The lowest BCUT2D eigenvalue weighted by atomic mass is 10.1. The lowest BCUT2D eigenvalue weighted by molar-refractivity contribution is 0.417. The van der Waals surface area contributed by atoms with Crippen LogP contribution in [-0.4, -0.2) is 22.2 Å². The lowest BCUT2D eigenvalue weighted by Crippen LogP contribution is -1.87. The molecule has 0 aliphatic carbocycles. The molecule has 0 aliphatic rings. The minimum atomic E-state index is 0.479. The molecule has 0 aliphatic heterocycles. The molecular formula is C19H17N3O2. The molecular weight excluding hydrogens is 302 g/mol. The van der Waals surface area contributed by atoms with E-state index in [-0.39, 0.29) is 0 Å². The van der Waals surface area contributed by atoms with Crippen LogP contribution in [0.2, 0.25) is 0 Å². The first-order chi connectivity index (χ1) is 11.7. The van der Waals surface area contributed by atoms with Crippen molar-refractivity contribution in [2.75, 3.05) is 7.11 Å². The highest BCUT2D eigenvalue weighted by Gasteiger charge is 2.15. The second-order valence-electron chi connectivity index (χ2n) is 5.83. The molecule has 0 radical (unpaired) electrons. The third-order valence-corrected chi connectivity index (χ3v) is 4.11. The zero-order valence-corrected chi connectivity index (χ0v) is 13.8. The fraction of sp³-hybridized carbons (Fsp3) is 0.158. The summed E-state index contributed by atoms with van der Waals surface area (Å²) in [6.07, 6.45) is 0. The summed E-state index contributed by atoms with van der Waals surface area (Å²) < 4.78 is 11.0. The van der Waals surface area contributed by atoms with Gasteiger partial charge in [-0.15, -0.1) is 0 Å². The zero-order valence-electron chi connectivity index (χ0n) is 13.8. The Morgan fingerprint density at radius 2 is 1.92 bits per heavy atom. The summed E-state index contributed by atoms with van der Waals surface area (Å²) in [4.78, 5) is 7.86. The van der Waals surface area contributed by atoms with E-state index in [0.717, 1.165) is 39.0 Å². The van der Waals surface area contributed by atoms with Crippen LogP contribution in [0.4, 0.5) is 0 Å². The number of fused-ring (bicyclic) bond motifs is 1. The molecule has 5 heteroatoms. The van der Waals surface area contributed by atoms with Crippen molar-refractivity contribution in [2.24, 2.45) is 0 Å². The van der Waals surface area contributed by atoms with Gasteiger partial charge in [0.15, 0.2) is 0 Å². The number of aryl methyl sites for hydroxylation is 2. The SMILES string of the molecule is COc1cc(-c2nc(-c3ccccc3C)no2)cc2cc(C)[nH]c12. The molecule has 0 amide bonds. The Labute approximate surface area is 139 Å². The monoisotopic (exact) mass is 319 g/mol. The fourth-order valence-corrected chi connectivity index (χ4v) is 2.91. The van der Waals surface area contributed by atoms with Gasteiger partial charge in [-0.1, -0.05) is 29.4 Å². The van der Waals surface area contributed by atoms with Gasteiger partial charge in [-0.2, -0.15) is 4.98 Å². The second kappa shape index (κ2) is 5.53. The van der Waals surface area contributed by atoms with Crippen LogP contribution >= 0.6 is 0 Å². The number of ether oxygens (including phenoxy) is 1. The van der Waals surface area contributed by atoms with Crippen molar-refractivity contribution < 1.29 is 9.26 Å².